The van der Waals surface area contributed by atoms with Gasteiger partial charge in [-0.05, 0) is 25.3 Å². The normalized spacial score (nSPS) is 29.5. The lowest BCUT2D eigenvalue weighted by atomic mass is 9.89. The number of hydrogen-bond donors (Lipinski definition) is 2. The highest BCUT2D eigenvalue weighted by molar-refractivity contribution is 5.72. The van der Waals surface area contributed by atoms with Crippen molar-refractivity contribution in [2.45, 2.75) is 63.3 Å². The summed E-state index contributed by atoms with van der Waals surface area (Å²) >= 11 is 0. The van der Waals surface area contributed by atoms with Crippen LogP contribution < -0.4 is 10.4 Å². The zero-order chi connectivity index (χ0) is 21.9. The van der Waals surface area contributed by atoms with Crippen LogP contribution in [0.25, 0.3) is 0 Å². The van der Waals surface area contributed by atoms with Gasteiger partial charge in [0.1, 0.15) is 18.8 Å². The second-order valence-corrected chi connectivity index (χ2v) is 7.87. The van der Waals surface area contributed by atoms with Crippen molar-refractivity contribution in [1.29, 1.82) is 0 Å². The number of nitrogens with zero attached hydrogens (tertiary/aromatic N) is 2. The lowest BCUT2D eigenvalue weighted by Crippen LogP contribution is -2.44. The number of ether oxygens (including phenoxy) is 3. The van der Waals surface area contributed by atoms with Gasteiger partial charge in [-0.3, -0.25) is 9.36 Å². The zero-order valence-electron chi connectivity index (χ0n) is 16.8. The smallest absolute Gasteiger partial charge is 0.353 e. The largest absolute Gasteiger partial charge is 0.473 e. The minimum absolute atomic E-state index is 0.0280. The van der Waals surface area contributed by atoms with Crippen LogP contribution in [0.2, 0.25) is 0 Å². The lowest BCUT2D eigenvalue weighted by Gasteiger charge is -2.25. The molecule has 9 nitrogen and oxygen atoms in total. The van der Waals surface area contributed by atoms with Crippen molar-refractivity contribution in [2.75, 3.05) is 13.2 Å². The SMILES string of the molecule is C=C(C)COc1ccn([C@@H]2O[C@](F)(COC(=O)C3CCCCC3)[C@@H](O)[C@H]2O)c(=O)n1. The Morgan fingerprint density at radius 3 is 2.73 bits per heavy atom. The van der Waals surface area contributed by atoms with E-state index in [1.165, 1.54) is 12.3 Å². The van der Waals surface area contributed by atoms with Gasteiger partial charge in [0.25, 0.3) is 5.85 Å². The number of rotatable bonds is 7. The van der Waals surface area contributed by atoms with Crippen molar-refractivity contribution in [1.82, 2.24) is 9.55 Å². The van der Waals surface area contributed by atoms with Crippen LogP contribution in [-0.4, -0.2) is 57.0 Å². The van der Waals surface area contributed by atoms with Gasteiger partial charge in [-0.1, -0.05) is 25.8 Å². The van der Waals surface area contributed by atoms with Crippen molar-refractivity contribution in [3.05, 3.63) is 34.9 Å². The Labute approximate surface area is 173 Å². The molecule has 4 atom stereocenters. The molecule has 2 heterocycles. The molecule has 0 bridgehead atoms. The second-order valence-electron chi connectivity index (χ2n) is 7.87. The van der Waals surface area contributed by atoms with Gasteiger partial charge >= 0.3 is 11.7 Å². The van der Waals surface area contributed by atoms with E-state index in [2.05, 4.69) is 11.6 Å². The summed E-state index contributed by atoms with van der Waals surface area (Å²) in [5.41, 5.74) is -0.141. The zero-order valence-corrected chi connectivity index (χ0v) is 16.8. The van der Waals surface area contributed by atoms with Gasteiger partial charge in [0.15, 0.2) is 12.8 Å². The van der Waals surface area contributed by atoms with Crippen molar-refractivity contribution in [3.8, 4) is 5.88 Å². The van der Waals surface area contributed by atoms with E-state index in [9.17, 15) is 19.8 Å². The van der Waals surface area contributed by atoms with Gasteiger partial charge in [-0.15, -0.1) is 0 Å². The topological polar surface area (TPSA) is 120 Å². The number of esters is 1. The highest BCUT2D eigenvalue weighted by atomic mass is 19.2. The first-order valence-corrected chi connectivity index (χ1v) is 9.97. The summed E-state index contributed by atoms with van der Waals surface area (Å²) < 4.78 is 31.4. The van der Waals surface area contributed by atoms with E-state index in [-0.39, 0.29) is 18.4 Å². The molecule has 30 heavy (non-hydrogen) atoms. The molecule has 1 aromatic heterocycles. The maximum absolute atomic E-state index is 15.2. The molecule has 0 radical (unpaired) electrons. The van der Waals surface area contributed by atoms with E-state index in [4.69, 9.17) is 14.2 Å². The van der Waals surface area contributed by atoms with E-state index in [0.29, 0.717) is 12.8 Å². The molecule has 1 saturated carbocycles. The quantitative estimate of drug-likeness (QED) is 0.494. The summed E-state index contributed by atoms with van der Waals surface area (Å²) in [4.78, 5) is 28.1. The number of carbonyl (C=O) groups is 1. The Morgan fingerprint density at radius 2 is 2.10 bits per heavy atom. The standard InChI is InChI=1S/C20H27FN2O7/c1-12(2)10-28-14-8-9-23(19(27)22-14)17-15(24)16(25)20(21,30-17)11-29-18(26)13-6-4-3-5-7-13/h8-9,13,15-17,24-25H,1,3-7,10-11H2,2H3/t15-,16+,17-,20-/m1/s1. The fourth-order valence-corrected chi connectivity index (χ4v) is 3.59. The van der Waals surface area contributed by atoms with Crippen LogP contribution in [0, 0.1) is 5.92 Å². The predicted molar refractivity (Wildman–Crippen MR) is 102 cm³/mol. The Balaban J connectivity index is 1.67. The third kappa shape index (κ3) is 4.88. The molecule has 0 amide bonds. The van der Waals surface area contributed by atoms with Gasteiger partial charge in [-0.25, -0.2) is 9.18 Å². The third-order valence-electron chi connectivity index (χ3n) is 5.27. The van der Waals surface area contributed by atoms with Crippen LogP contribution >= 0.6 is 0 Å². The van der Waals surface area contributed by atoms with Gasteiger partial charge in [0.2, 0.25) is 5.88 Å². The molecule has 1 aliphatic carbocycles. The molecular formula is C20H27FN2O7. The monoisotopic (exact) mass is 426 g/mol. The fourth-order valence-electron chi connectivity index (χ4n) is 3.59. The molecule has 1 aliphatic heterocycles. The van der Waals surface area contributed by atoms with Gasteiger partial charge in [0, 0.05) is 12.3 Å². The van der Waals surface area contributed by atoms with E-state index < -0.39 is 42.6 Å². The summed E-state index contributed by atoms with van der Waals surface area (Å²) in [5, 5.41) is 20.4. The van der Waals surface area contributed by atoms with Crippen LogP contribution in [-0.2, 0) is 14.3 Å². The molecule has 10 heteroatoms. The van der Waals surface area contributed by atoms with Crippen molar-refractivity contribution in [2.24, 2.45) is 5.92 Å². The molecule has 1 saturated heterocycles. The molecule has 0 aromatic carbocycles. The summed E-state index contributed by atoms with van der Waals surface area (Å²) in [5.74, 6) is -3.69. The summed E-state index contributed by atoms with van der Waals surface area (Å²) in [7, 11) is 0. The van der Waals surface area contributed by atoms with Crippen LogP contribution in [0.15, 0.2) is 29.2 Å². The number of hydrogen-bond acceptors (Lipinski definition) is 8. The molecule has 0 spiro atoms. The Bertz CT molecular complexity index is 839. The molecular weight excluding hydrogens is 399 g/mol. The fraction of sp³-hybridized carbons (Fsp3) is 0.650. The number of carbonyl (C=O) groups excluding carboxylic acids is 1. The van der Waals surface area contributed by atoms with Crippen LogP contribution in [0.3, 0.4) is 0 Å². The van der Waals surface area contributed by atoms with E-state index in [0.717, 1.165) is 29.4 Å². The molecule has 2 aliphatic rings. The van der Waals surface area contributed by atoms with E-state index in [1.54, 1.807) is 6.92 Å². The van der Waals surface area contributed by atoms with Crippen LogP contribution in [0.5, 0.6) is 5.88 Å². The number of aromatic nitrogens is 2. The molecule has 0 unspecified atom stereocenters. The summed E-state index contributed by atoms with van der Waals surface area (Å²) in [6, 6.07) is 1.34. The second kappa shape index (κ2) is 9.23. The Hall–Kier alpha value is -2.30. The molecule has 2 fully saturated rings. The average molecular weight is 426 g/mol. The van der Waals surface area contributed by atoms with Gasteiger partial charge in [0.05, 0.1) is 5.92 Å². The highest BCUT2D eigenvalue weighted by Gasteiger charge is 2.57. The molecule has 166 valence electrons. The first kappa shape index (κ1) is 22.4. The minimum atomic E-state index is -2.86. The number of halogens is 1. The Morgan fingerprint density at radius 1 is 1.40 bits per heavy atom. The van der Waals surface area contributed by atoms with Gasteiger partial charge in [-0.2, -0.15) is 4.98 Å². The number of aliphatic hydroxyl groups is 2. The molecule has 3 rings (SSSR count). The first-order valence-electron chi connectivity index (χ1n) is 9.97. The van der Waals surface area contributed by atoms with E-state index in [1.807, 2.05) is 0 Å². The van der Waals surface area contributed by atoms with Crippen LogP contribution in [0.1, 0.15) is 45.3 Å². The summed E-state index contributed by atoms with van der Waals surface area (Å²) in [6.07, 6.45) is 0.0775. The molecule has 2 N–H and O–H groups in total. The van der Waals surface area contributed by atoms with Gasteiger partial charge < -0.3 is 24.4 Å². The maximum Gasteiger partial charge on any atom is 0.353 e. The van der Waals surface area contributed by atoms with Crippen LogP contribution in [0.4, 0.5) is 4.39 Å². The highest BCUT2D eigenvalue weighted by Crippen LogP contribution is 2.38. The average Bonchev–Trinajstić information content (AvgIpc) is 2.95. The molecule has 1 aromatic rings. The Kier molecular flexibility index (Phi) is 6.89. The van der Waals surface area contributed by atoms with E-state index >= 15 is 4.39 Å². The van der Waals surface area contributed by atoms with Crippen molar-refractivity contribution in [3.63, 3.8) is 0 Å². The summed E-state index contributed by atoms with van der Waals surface area (Å²) in [6.45, 7) is 4.69. The third-order valence-corrected chi connectivity index (χ3v) is 5.27. The first-order chi connectivity index (χ1) is 14.2. The number of aliphatic hydroxyl groups excluding tert-OH is 2. The van der Waals surface area contributed by atoms with Crippen molar-refractivity contribution >= 4 is 5.97 Å². The van der Waals surface area contributed by atoms with Crippen molar-refractivity contribution < 1.29 is 33.6 Å². The minimum Gasteiger partial charge on any atom is -0.473 e. The lowest BCUT2D eigenvalue weighted by molar-refractivity contribution is -0.218. The predicted octanol–water partition coefficient (Wildman–Crippen LogP) is 1.24. The maximum atomic E-state index is 15.2. The number of alkyl halides is 1.